The van der Waals surface area contributed by atoms with Gasteiger partial charge >= 0.3 is 0 Å². The van der Waals surface area contributed by atoms with E-state index < -0.39 is 0 Å². The Morgan fingerprint density at radius 1 is 1.78 bits per heavy atom. The van der Waals surface area contributed by atoms with Crippen LogP contribution in [0, 0.1) is 0 Å². The first kappa shape index (κ1) is 6.99. The monoisotopic (exact) mass is 129 g/mol. The molecule has 1 fully saturated rings. The van der Waals surface area contributed by atoms with E-state index in [2.05, 4.69) is 17.1 Å². The van der Waals surface area contributed by atoms with Crippen LogP contribution in [0.4, 0.5) is 0 Å². The highest BCUT2D eigenvalue weighted by molar-refractivity contribution is 4.75. The van der Waals surface area contributed by atoms with Crippen LogP contribution < -0.4 is 11.1 Å². The van der Waals surface area contributed by atoms with Gasteiger partial charge in [-0.25, -0.2) is 0 Å². The zero-order valence-electron chi connectivity index (χ0n) is 5.93. The molecule has 9 heavy (non-hydrogen) atoms. The van der Waals surface area contributed by atoms with Crippen molar-refractivity contribution in [3.8, 4) is 0 Å². The molecule has 1 aliphatic rings. The molecule has 3 N–H and O–H groups in total. The van der Waals surface area contributed by atoms with E-state index in [1.54, 1.807) is 0 Å². The molecule has 1 atom stereocenters. The first-order valence-electron chi connectivity index (χ1n) is 3.49. The molecule has 1 aliphatic heterocycles. The normalized spacial score (nSPS) is 29.3. The second-order valence-corrected chi connectivity index (χ2v) is 2.56. The van der Waals surface area contributed by atoms with Crippen LogP contribution >= 0.6 is 0 Å². The van der Waals surface area contributed by atoms with E-state index in [1.807, 2.05) is 0 Å². The highest BCUT2D eigenvalue weighted by Gasteiger charge is 2.17. The van der Waals surface area contributed by atoms with Crippen LogP contribution in [-0.2, 0) is 0 Å². The minimum Gasteiger partial charge on any atom is -0.329 e. The summed E-state index contributed by atoms with van der Waals surface area (Å²) in [5.74, 6) is 0. The predicted octanol–water partition coefficient (Wildman–Crippen LogP) is -0.804. The van der Waals surface area contributed by atoms with Gasteiger partial charge in [-0.1, -0.05) is 0 Å². The molecular formula is C6H15N3. The summed E-state index contributed by atoms with van der Waals surface area (Å²) in [6.07, 6.45) is 0. The van der Waals surface area contributed by atoms with Crippen molar-refractivity contribution in [3.05, 3.63) is 0 Å². The summed E-state index contributed by atoms with van der Waals surface area (Å²) in [7, 11) is 0. The van der Waals surface area contributed by atoms with Crippen LogP contribution in [0.2, 0.25) is 0 Å². The smallest absolute Gasteiger partial charge is 0.0484 e. The van der Waals surface area contributed by atoms with E-state index in [1.165, 1.54) is 0 Å². The quantitative estimate of drug-likeness (QED) is 0.512. The summed E-state index contributed by atoms with van der Waals surface area (Å²) >= 11 is 0. The topological polar surface area (TPSA) is 41.3 Å². The van der Waals surface area contributed by atoms with Crippen molar-refractivity contribution in [2.75, 3.05) is 26.3 Å². The molecule has 0 aromatic rings. The third kappa shape index (κ3) is 1.64. The number of nitrogens with two attached hydrogens (primary N) is 1. The lowest BCUT2D eigenvalue weighted by atomic mass is 10.3. The van der Waals surface area contributed by atoms with E-state index in [4.69, 9.17) is 5.73 Å². The van der Waals surface area contributed by atoms with Crippen LogP contribution in [0.5, 0.6) is 0 Å². The summed E-state index contributed by atoms with van der Waals surface area (Å²) < 4.78 is 0. The highest BCUT2D eigenvalue weighted by Crippen LogP contribution is 2.00. The van der Waals surface area contributed by atoms with Crippen LogP contribution in [0.25, 0.3) is 0 Å². The van der Waals surface area contributed by atoms with Gasteiger partial charge in [0.05, 0.1) is 0 Å². The maximum absolute atomic E-state index is 5.40. The average Bonchev–Trinajstić information content (AvgIpc) is 2.18. The van der Waals surface area contributed by atoms with Crippen molar-refractivity contribution in [2.45, 2.75) is 13.0 Å². The zero-order chi connectivity index (χ0) is 6.69. The minimum atomic E-state index is 0.675. The van der Waals surface area contributed by atoms with Crippen molar-refractivity contribution >= 4 is 0 Å². The van der Waals surface area contributed by atoms with Crippen molar-refractivity contribution in [3.63, 3.8) is 0 Å². The summed E-state index contributed by atoms with van der Waals surface area (Å²) in [4.78, 5) is 2.35. The Bertz CT molecular complexity index is 84.4. The van der Waals surface area contributed by atoms with Gasteiger partial charge in [-0.05, 0) is 6.92 Å². The minimum absolute atomic E-state index is 0.675. The van der Waals surface area contributed by atoms with Crippen LogP contribution in [0.1, 0.15) is 6.92 Å². The van der Waals surface area contributed by atoms with E-state index >= 15 is 0 Å². The number of hydrogen-bond acceptors (Lipinski definition) is 3. The standard InChI is InChI=1S/C6H15N3/c1-6-4-8-5-9(6)3-2-7/h6,8H,2-5,7H2,1H3. The second kappa shape index (κ2) is 3.15. The SMILES string of the molecule is CC1CNCN1CCN. The van der Waals surface area contributed by atoms with Crippen LogP contribution in [-0.4, -0.2) is 37.2 Å². The average molecular weight is 129 g/mol. The van der Waals surface area contributed by atoms with Crippen LogP contribution in [0.15, 0.2) is 0 Å². The third-order valence-electron chi connectivity index (χ3n) is 1.79. The largest absolute Gasteiger partial charge is 0.329 e. The Labute approximate surface area is 56.2 Å². The van der Waals surface area contributed by atoms with Crippen molar-refractivity contribution in [2.24, 2.45) is 5.73 Å². The Kier molecular flexibility index (Phi) is 2.45. The molecule has 54 valence electrons. The zero-order valence-corrected chi connectivity index (χ0v) is 5.93. The molecule has 1 heterocycles. The maximum atomic E-state index is 5.40. The summed E-state index contributed by atoms with van der Waals surface area (Å²) in [5, 5.41) is 3.28. The number of hydrogen-bond donors (Lipinski definition) is 2. The van der Waals surface area contributed by atoms with Gasteiger partial charge in [0.1, 0.15) is 0 Å². The fourth-order valence-corrected chi connectivity index (χ4v) is 1.17. The summed E-state index contributed by atoms with van der Waals surface area (Å²) in [6.45, 7) is 6.13. The molecule has 3 heteroatoms. The molecule has 1 rings (SSSR count). The number of nitrogens with zero attached hydrogens (tertiary/aromatic N) is 1. The lowest BCUT2D eigenvalue weighted by Gasteiger charge is -2.17. The Balaban J connectivity index is 2.22. The molecule has 0 amide bonds. The molecule has 0 saturated carbocycles. The van der Waals surface area contributed by atoms with Crippen molar-refractivity contribution in [1.29, 1.82) is 0 Å². The van der Waals surface area contributed by atoms with Crippen LogP contribution in [0.3, 0.4) is 0 Å². The molecule has 0 aliphatic carbocycles. The maximum Gasteiger partial charge on any atom is 0.0484 e. The van der Waals surface area contributed by atoms with E-state index in [-0.39, 0.29) is 0 Å². The number of nitrogens with one attached hydrogen (secondary N) is 1. The van der Waals surface area contributed by atoms with Gasteiger partial charge in [-0.3, -0.25) is 4.90 Å². The van der Waals surface area contributed by atoms with E-state index in [0.29, 0.717) is 6.04 Å². The van der Waals surface area contributed by atoms with Gasteiger partial charge < -0.3 is 11.1 Å². The van der Waals surface area contributed by atoms with Gasteiger partial charge in [0.25, 0.3) is 0 Å². The van der Waals surface area contributed by atoms with E-state index in [9.17, 15) is 0 Å². The number of rotatable bonds is 2. The molecule has 0 radical (unpaired) electrons. The fourth-order valence-electron chi connectivity index (χ4n) is 1.17. The summed E-state index contributed by atoms with van der Waals surface area (Å²) in [5.41, 5.74) is 5.40. The highest BCUT2D eigenvalue weighted by atomic mass is 15.3. The van der Waals surface area contributed by atoms with Gasteiger partial charge in [-0.15, -0.1) is 0 Å². The predicted molar refractivity (Wildman–Crippen MR) is 38.1 cm³/mol. The lowest BCUT2D eigenvalue weighted by molar-refractivity contribution is 0.279. The second-order valence-electron chi connectivity index (χ2n) is 2.56. The molecule has 0 spiro atoms. The Morgan fingerprint density at radius 3 is 3.00 bits per heavy atom. The van der Waals surface area contributed by atoms with Crippen molar-refractivity contribution < 1.29 is 0 Å². The molecule has 1 unspecified atom stereocenters. The first-order chi connectivity index (χ1) is 4.34. The van der Waals surface area contributed by atoms with E-state index in [0.717, 1.165) is 26.3 Å². The molecule has 1 saturated heterocycles. The lowest BCUT2D eigenvalue weighted by Crippen LogP contribution is -2.33. The molecular weight excluding hydrogens is 114 g/mol. The fraction of sp³-hybridized carbons (Fsp3) is 1.00. The molecule has 0 aromatic carbocycles. The van der Waals surface area contributed by atoms with Gasteiger partial charge in [0.15, 0.2) is 0 Å². The molecule has 0 aromatic heterocycles. The Morgan fingerprint density at radius 2 is 2.56 bits per heavy atom. The van der Waals surface area contributed by atoms with Gasteiger partial charge in [0, 0.05) is 32.3 Å². The van der Waals surface area contributed by atoms with Crippen molar-refractivity contribution in [1.82, 2.24) is 10.2 Å². The first-order valence-corrected chi connectivity index (χ1v) is 3.49. The van der Waals surface area contributed by atoms with Gasteiger partial charge in [-0.2, -0.15) is 0 Å². The van der Waals surface area contributed by atoms with Gasteiger partial charge in [0.2, 0.25) is 0 Å². The molecule has 0 bridgehead atoms. The molecule has 3 nitrogen and oxygen atoms in total. The third-order valence-corrected chi connectivity index (χ3v) is 1.79. The Hall–Kier alpha value is -0.120. The summed E-state index contributed by atoms with van der Waals surface area (Å²) in [6, 6.07) is 0.675.